The van der Waals surface area contributed by atoms with Crippen molar-refractivity contribution in [3.05, 3.63) is 23.8 Å². The predicted molar refractivity (Wildman–Crippen MR) is 70.8 cm³/mol. The second-order valence-electron chi connectivity index (χ2n) is 4.48. The van der Waals surface area contributed by atoms with E-state index in [4.69, 9.17) is 9.47 Å². The Morgan fingerprint density at radius 2 is 2.16 bits per heavy atom. The Morgan fingerprint density at radius 3 is 2.79 bits per heavy atom. The van der Waals surface area contributed by atoms with E-state index in [1.165, 1.54) is 14.0 Å². The summed E-state index contributed by atoms with van der Waals surface area (Å²) in [5.41, 5.74) is 1.36. The molecule has 5 heteroatoms. The van der Waals surface area contributed by atoms with Crippen molar-refractivity contribution in [3.8, 4) is 5.75 Å². The zero-order valence-corrected chi connectivity index (χ0v) is 11.3. The fourth-order valence-corrected chi connectivity index (χ4v) is 2.16. The van der Waals surface area contributed by atoms with Gasteiger partial charge in [-0.3, -0.25) is 4.79 Å². The van der Waals surface area contributed by atoms with Gasteiger partial charge < -0.3 is 14.4 Å². The molecule has 1 aliphatic rings. The van der Waals surface area contributed by atoms with Crippen LogP contribution in [0.15, 0.2) is 18.2 Å². The van der Waals surface area contributed by atoms with E-state index < -0.39 is 6.04 Å². The van der Waals surface area contributed by atoms with Gasteiger partial charge in [-0.05, 0) is 32.0 Å². The fourth-order valence-electron chi connectivity index (χ4n) is 2.16. The van der Waals surface area contributed by atoms with Crippen LogP contribution in [0, 0.1) is 0 Å². The number of Topliss-reactive ketones (excluding diaryl/α,β-unsaturated/α-hetero) is 1. The smallest absolute Gasteiger partial charge is 0.328 e. The number of benzene rings is 1. The van der Waals surface area contributed by atoms with Crippen molar-refractivity contribution in [3.63, 3.8) is 0 Å². The molecule has 102 valence electrons. The van der Waals surface area contributed by atoms with Gasteiger partial charge in [-0.1, -0.05) is 0 Å². The van der Waals surface area contributed by atoms with Crippen LogP contribution in [0.2, 0.25) is 0 Å². The number of carbonyl (C=O) groups excluding carboxylic acids is 2. The number of fused-ring (bicyclic) bond motifs is 1. The Morgan fingerprint density at radius 1 is 1.42 bits per heavy atom. The van der Waals surface area contributed by atoms with Crippen molar-refractivity contribution in [1.82, 2.24) is 0 Å². The first kappa shape index (κ1) is 13.4. The summed E-state index contributed by atoms with van der Waals surface area (Å²) in [7, 11) is 1.37. The van der Waals surface area contributed by atoms with E-state index >= 15 is 0 Å². The number of carbonyl (C=O) groups is 2. The van der Waals surface area contributed by atoms with Crippen LogP contribution >= 0.6 is 0 Å². The van der Waals surface area contributed by atoms with Gasteiger partial charge in [0.2, 0.25) is 0 Å². The molecule has 19 heavy (non-hydrogen) atoms. The number of ketones is 1. The van der Waals surface area contributed by atoms with Crippen molar-refractivity contribution in [1.29, 1.82) is 0 Å². The SMILES string of the molecule is COC(=O)C(C)N1CCOc2ccc(C(C)=O)cc21. The molecule has 0 aromatic heterocycles. The third-order valence-corrected chi connectivity index (χ3v) is 3.27. The fraction of sp³-hybridized carbons (Fsp3) is 0.429. The van der Waals surface area contributed by atoms with E-state index in [0.29, 0.717) is 24.5 Å². The summed E-state index contributed by atoms with van der Waals surface area (Å²) >= 11 is 0. The minimum Gasteiger partial charge on any atom is -0.490 e. The third kappa shape index (κ3) is 2.54. The van der Waals surface area contributed by atoms with Crippen molar-refractivity contribution in [2.75, 3.05) is 25.2 Å². The lowest BCUT2D eigenvalue weighted by Gasteiger charge is -2.34. The van der Waals surface area contributed by atoms with E-state index in [2.05, 4.69) is 0 Å². The van der Waals surface area contributed by atoms with Gasteiger partial charge in [0.05, 0.1) is 19.3 Å². The van der Waals surface area contributed by atoms with Gasteiger partial charge >= 0.3 is 5.97 Å². The maximum Gasteiger partial charge on any atom is 0.328 e. The average molecular weight is 263 g/mol. The largest absolute Gasteiger partial charge is 0.490 e. The van der Waals surface area contributed by atoms with Crippen LogP contribution in [0.1, 0.15) is 24.2 Å². The Balaban J connectivity index is 2.39. The third-order valence-electron chi connectivity index (χ3n) is 3.27. The summed E-state index contributed by atoms with van der Waals surface area (Å²) in [6, 6.07) is 4.85. The Bertz CT molecular complexity index is 512. The molecule has 1 aromatic carbocycles. The summed E-state index contributed by atoms with van der Waals surface area (Å²) in [6.07, 6.45) is 0. The summed E-state index contributed by atoms with van der Waals surface area (Å²) < 4.78 is 10.3. The maximum absolute atomic E-state index is 11.7. The van der Waals surface area contributed by atoms with Gasteiger partial charge in [0.25, 0.3) is 0 Å². The Labute approximate surface area is 112 Å². The second-order valence-corrected chi connectivity index (χ2v) is 4.48. The molecule has 2 rings (SSSR count). The van der Waals surface area contributed by atoms with Crippen molar-refractivity contribution in [2.24, 2.45) is 0 Å². The van der Waals surface area contributed by atoms with Gasteiger partial charge in [-0.15, -0.1) is 0 Å². The van der Waals surface area contributed by atoms with Gasteiger partial charge in [0.1, 0.15) is 18.4 Å². The van der Waals surface area contributed by atoms with E-state index in [0.717, 1.165) is 5.69 Å². The highest BCUT2D eigenvalue weighted by molar-refractivity contribution is 5.96. The molecule has 0 saturated heterocycles. The first-order valence-electron chi connectivity index (χ1n) is 6.17. The van der Waals surface area contributed by atoms with E-state index in [-0.39, 0.29) is 11.8 Å². The van der Waals surface area contributed by atoms with Crippen LogP contribution in [-0.4, -0.2) is 38.1 Å². The first-order valence-corrected chi connectivity index (χ1v) is 6.17. The standard InChI is InChI=1S/C14H17NO4/c1-9(14(17)18-3)15-6-7-19-13-5-4-11(10(2)16)8-12(13)15/h4-5,8-9H,6-7H2,1-3H3. The van der Waals surface area contributed by atoms with Crippen LogP contribution in [0.3, 0.4) is 0 Å². The van der Waals surface area contributed by atoms with Crippen molar-refractivity contribution in [2.45, 2.75) is 19.9 Å². The zero-order valence-electron chi connectivity index (χ0n) is 11.3. The molecule has 0 radical (unpaired) electrons. The summed E-state index contributed by atoms with van der Waals surface area (Å²) in [4.78, 5) is 25.0. The number of hydrogen-bond acceptors (Lipinski definition) is 5. The lowest BCUT2D eigenvalue weighted by molar-refractivity contribution is -0.141. The van der Waals surface area contributed by atoms with E-state index in [9.17, 15) is 9.59 Å². The topological polar surface area (TPSA) is 55.8 Å². The highest BCUT2D eigenvalue weighted by Gasteiger charge is 2.28. The molecule has 0 aliphatic carbocycles. The number of anilines is 1. The number of nitrogens with zero attached hydrogens (tertiary/aromatic N) is 1. The van der Waals surface area contributed by atoms with Crippen molar-refractivity contribution >= 4 is 17.4 Å². The molecule has 0 N–H and O–H groups in total. The lowest BCUT2D eigenvalue weighted by Crippen LogP contribution is -2.44. The number of methoxy groups -OCH3 is 1. The highest BCUT2D eigenvalue weighted by Crippen LogP contribution is 2.34. The molecule has 0 fully saturated rings. The minimum atomic E-state index is -0.408. The Hall–Kier alpha value is -2.04. The van der Waals surface area contributed by atoms with Gasteiger partial charge in [0.15, 0.2) is 5.78 Å². The molecular weight excluding hydrogens is 246 g/mol. The minimum absolute atomic E-state index is 0.0148. The van der Waals surface area contributed by atoms with Gasteiger partial charge in [-0.25, -0.2) is 4.79 Å². The molecule has 1 aliphatic heterocycles. The van der Waals surface area contributed by atoms with Crippen LogP contribution in [-0.2, 0) is 9.53 Å². The van der Waals surface area contributed by atoms with Gasteiger partial charge in [-0.2, -0.15) is 0 Å². The molecule has 1 heterocycles. The summed E-state index contributed by atoms with van der Waals surface area (Å²) in [5, 5.41) is 0. The van der Waals surface area contributed by atoms with Crippen LogP contribution < -0.4 is 9.64 Å². The van der Waals surface area contributed by atoms with Crippen molar-refractivity contribution < 1.29 is 19.1 Å². The molecule has 5 nitrogen and oxygen atoms in total. The van der Waals surface area contributed by atoms with Gasteiger partial charge in [0, 0.05) is 5.56 Å². The maximum atomic E-state index is 11.7. The molecule has 1 atom stereocenters. The average Bonchev–Trinajstić information content (AvgIpc) is 2.44. The molecule has 0 amide bonds. The lowest BCUT2D eigenvalue weighted by atomic mass is 10.1. The molecule has 1 aromatic rings. The zero-order chi connectivity index (χ0) is 14.0. The molecule has 0 spiro atoms. The predicted octanol–water partition coefficient (Wildman–Crippen LogP) is 1.65. The summed E-state index contributed by atoms with van der Waals surface area (Å²) in [6.45, 7) is 4.39. The second kappa shape index (κ2) is 5.30. The van der Waals surface area contributed by atoms with Crippen LogP contribution in [0.4, 0.5) is 5.69 Å². The quantitative estimate of drug-likeness (QED) is 0.613. The molecule has 0 bridgehead atoms. The number of ether oxygens (including phenoxy) is 2. The van der Waals surface area contributed by atoms with Crippen LogP contribution in [0.25, 0.3) is 0 Å². The van der Waals surface area contributed by atoms with Crippen LogP contribution in [0.5, 0.6) is 5.75 Å². The number of esters is 1. The Kier molecular flexibility index (Phi) is 3.74. The molecule has 0 saturated carbocycles. The monoisotopic (exact) mass is 263 g/mol. The van der Waals surface area contributed by atoms with E-state index in [1.54, 1.807) is 25.1 Å². The van der Waals surface area contributed by atoms with E-state index in [1.807, 2.05) is 4.90 Å². The number of rotatable bonds is 3. The molecular formula is C14H17NO4. The normalized spacial score (nSPS) is 15.2. The molecule has 1 unspecified atom stereocenters. The summed E-state index contributed by atoms with van der Waals surface area (Å²) in [5.74, 6) is 0.368. The first-order chi connectivity index (χ1) is 9.04. The highest BCUT2D eigenvalue weighted by atomic mass is 16.5. The number of hydrogen-bond donors (Lipinski definition) is 0.